The minimum absolute atomic E-state index is 0.101. The molecule has 46 heavy (non-hydrogen) atoms. The summed E-state index contributed by atoms with van der Waals surface area (Å²) < 4.78 is 111. The highest BCUT2D eigenvalue weighted by Gasteiger charge is 2.32. The summed E-state index contributed by atoms with van der Waals surface area (Å²) in [6.45, 7) is 0. The van der Waals surface area contributed by atoms with Crippen LogP contribution in [0.15, 0.2) is 78.9 Å². The number of anilines is 4. The maximum Gasteiger partial charge on any atom is 0.416 e. The number of benzene rings is 4. The van der Waals surface area contributed by atoms with E-state index in [9.17, 15) is 44.7 Å². The average Bonchev–Trinajstić information content (AvgIpc) is 3.36. The van der Waals surface area contributed by atoms with E-state index in [1.807, 2.05) is 10.6 Å². The Kier molecular flexibility index (Phi) is 8.41. The highest BCUT2D eigenvalue weighted by molar-refractivity contribution is 6.00. The van der Waals surface area contributed by atoms with Gasteiger partial charge in [-0.3, -0.25) is 5.32 Å². The standard InChI is InChI=1S/C29H18F8N6O3/c30-19-8-1-14(28(32,33)34)11-22(19)41-26(44)38-16-3-5-17(6-4-16)46-18-7-10-21-24(13-18)40-25(39-21)43-27(45)42-23-12-15(29(35,36)37)2-9-20(23)31/h1-13H,(H2,38,41,44)(H3,39,40,42,43,45). The molecule has 4 amide bonds. The number of fused-ring (bicyclic) bond motifs is 1. The Labute approximate surface area is 252 Å². The van der Waals surface area contributed by atoms with Crippen LogP contribution in [0.1, 0.15) is 11.1 Å². The molecule has 4 aromatic carbocycles. The summed E-state index contributed by atoms with van der Waals surface area (Å²) in [5, 5.41) is 8.65. The fourth-order valence-corrected chi connectivity index (χ4v) is 3.99. The van der Waals surface area contributed by atoms with Crippen molar-refractivity contribution in [2.75, 3.05) is 21.3 Å². The zero-order chi connectivity index (χ0) is 33.2. The highest BCUT2D eigenvalue weighted by Crippen LogP contribution is 2.33. The van der Waals surface area contributed by atoms with Gasteiger partial charge in [0.1, 0.15) is 23.1 Å². The van der Waals surface area contributed by atoms with Crippen LogP contribution in [-0.4, -0.2) is 22.0 Å². The Balaban J connectivity index is 1.19. The van der Waals surface area contributed by atoms with Crippen molar-refractivity contribution >= 4 is 46.1 Å². The smallest absolute Gasteiger partial charge is 0.416 e. The van der Waals surface area contributed by atoms with E-state index in [-0.39, 0.29) is 11.6 Å². The van der Waals surface area contributed by atoms with E-state index in [1.165, 1.54) is 42.5 Å². The zero-order valence-corrected chi connectivity index (χ0v) is 22.7. The topological polar surface area (TPSA) is 120 Å². The van der Waals surface area contributed by atoms with Crippen molar-refractivity contribution in [3.05, 3.63) is 102 Å². The molecule has 0 fully saturated rings. The summed E-state index contributed by atoms with van der Waals surface area (Å²) in [7, 11) is 0. The Morgan fingerprint density at radius 2 is 1.15 bits per heavy atom. The Morgan fingerprint density at radius 1 is 0.630 bits per heavy atom. The van der Waals surface area contributed by atoms with Crippen LogP contribution in [0.3, 0.4) is 0 Å². The Morgan fingerprint density at radius 3 is 1.70 bits per heavy atom. The number of aromatic amines is 1. The van der Waals surface area contributed by atoms with E-state index in [1.54, 1.807) is 0 Å². The number of hydrogen-bond acceptors (Lipinski definition) is 4. The number of halogens is 8. The van der Waals surface area contributed by atoms with Gasteiger partial charge in [-0.1, -0.05) is 0 Å². The summed E-state index contributed by atoms with van der Waals surface area (Å²) >= 11 is 0. The lowest BCUT2D eigenvalue weighted by molar-refractivity contribution is -0.138. The summed E-state index contributed by atoms with van der Waals surface area (Å²) in [6.07, 6.45) is -9.47. The molecule has 0 aliphatic heterocycles. The number of carbonyl (C=O) groups is 2. The molecule has 0 aliphatic carbocycles. The molecule has 0 atom stereocenters. The number of urea groups is 2. The third kappa shape index (κ3) is 7.61. The van der Waals surface area contributed by atoms with E-state index in [4.69, 9.17) is 4.74 Å². The number of nitrogens with zero attached hydrogens (tertiary/aromatic N) is 1. The second-order valence-corrected chi connectivity index (χ2v) is 9.43. The fraction of sp³-hybridized carbons (Fsp3) is 0.0690. The molecule has 17 heteroatoms. The first-order valence-corrected chi connectivity index (χ1v) is 12.8. The van der Waals surface area contributed by atoms with Crippen molar-refractivity contribution in [2.24, 2.45) is 0 Å². The van der Waals surface area contributed by atoms with Crippen LogP contribution >= 0.6 is 0 Å². The second kappa shape index (κ2) is 12.3. The van der Waals surface area contributed by atoms with Gasteiger partial charge in [-0.2, -0.15) is 26.3 Å². The number of alkyl halides is 6. The van der Waals surface area contributed by atoms with Crippen LogP contribution in [0.5, 0.6) is 11.5 Å². The number of carbonyl (C=O) groups excluding carboxylic acids is 2. The van der Waals surface area contributed by atoms with Gasteiger partial charge in [-0.25, -0.2) is 23.4 Å². The number of rotatable bonds is 6. The number of imidazole rings is 1. The van der Waals surface area contributed by atoms with Gasteiger partial charge in [0, 0.05) is 11.8 Å². The number of H-pyrrole nitrogens is 1. The third-order valence-corrected chi connectivity index (χ3v) is 6.12. The van der Waals surface area contributed by atoms with E-state index in [0.29, 0.717) is 58.9 Å². The number of ether oxygens (including phenoxy) is 1. The molecule has 5 rings (SSSR count). The van der Waals surface area contributed by atoms with Crippen LogP contribution in [0.25, 0.3) is 11.0 Å². The maximum absolute atomic E-state index is 14.0. The molecular formula is C29H18F8N6O3. The van der Waals surface area contributed by atoms with Crippen molar-refractivity contribution < 1.29 is 49.4 Å². The van der Waals surface area contributed by atoms with Gasteiger partial charge in [0.15, 0.2) is 0 Å². The summed E-state index contributed by atoms with van der Waals surface area (Å²) in [6, 6.07) is 11.5. The molecule has 0 radical (unpaired) electrons. The SMILES string of the molecule is O=C(Nc1ccc(Oc2ccc3nc(NC(=O)Nc4cc(C(F)(F)F)ccc4F)[nH]c3c2)cc1)Nc1cc(C(F)(F)F)ccc1F. The van der Waals surface area contributed by atoms with Gasteiger partial charge in [0.25, 0.3) is 0 Å². The number of aromatic nitrogens is 2. The Hall–Kier alpha value is -5.87. The number of amides is 4. The lowest BCUT2D eigenvalue weighted by Gasteiger charge is -2.12. The monoisotopic (exact) mass is 650 g/mol. The molecule has 1 heterocycles. The van der Waals surface area contributed by atoms with E-state index in [0.717, 1.165) is 0 Å². The van der Waals surface area contributed by atoms with Gasteiger partial charge in [0.05, 0.1) is 33.5 Å². The van der Waals surface area contributed by atoms with Crippen molar-refractivity contribution in [1.82, 2.24) is 9.97 Å². The first-order chi connectivity index (χ1) is 21.6. The van der Waals surface area contributed by atoms with Gasteiger partial charge in [-0.05, 0) is 72.8 Å². The third-order valence-electron chi connectivity index (χ3n) is 6.12. The summed E-state index contributed by atoms with van der Waals surface area (Å²) in [5.74, 6) is -1.63. The lowest BCUT2D eigenvalue weighted by atomic mass is 10.2. The van der Waals surface area contributed by atoms with Crippen LogP contribution < -0.4 is 26.0 Å². The molecule has 238 valence electrons. The predicted molar refractivity (Wildman–Crippen MR) is 151 cm³/mol. The predicted octanol–water partition coefficient (Wildman–Crippen LogP) is 8.96. The minimum Gasteiger partial charge on any atom is -0.457 e. The molecule has 0 saturated carbocycles. The molecule has 0 saturated heterocycles. The molecule has 5 aromatic rings. The second-order valence-electron chi connectivity index (χ2n) is 9.43. The number of hydrogen-bond donors (Lipinski definition) is 5. The van der Waals surface area contributed by atoms with Crippen molar-refractivity contribution in [1.29, 1.82) is 0 Å². The van der Waals surface area contributed by atoms with Gasteiger partial charge >= 0.3 is 24.4 Å². The largest absolute Gasteiger partial charge is 0.457 e. The van der Waals surface area contributed by atoms with Crippen molar-refractivity contribution in [3.63, 3.8) is 0 Å². The van der Waals surface area contributed by atoms with Crippen molar-refractivity contribution in [3.8, 4) is 11.5 Å². The maximum atomic E-state index is 14.0. The first kappa shape index (κ1) is 31.6. The number of nitrogens with one attached hydrogen (secondary N) is 5. The molecule has 1 aromatic heterocycles. The molecular weight excluding hydrogens is 632 g/mol. The van der Waals surface area contributed by atoms with Gasteiger partial charge in [-0.15, -0.1) is 0 Å². The summed E-state index contributed by atoms with van der Waals surface area (Å²) in [5.41, 5.74) is -2.67. The van der Waals surface area contributed by atoms with Crippen LogP contribution in [0.2, 0.25) is 0 Å². The zero-order valence-electron chi connectivity index (χ0n) is 22.7. The summed E-state index contributed by atoms with van der Waals surface area (Å²) in [4.78, 5) is 31.4. The molecule has 0 bridgehead atoms. The van der Waals surface area contributed by atoms with Crippen LogP contribution in [-0.2, 0) is 12.4 Å². The van der Waals surface area contributed by atoms with Crippen LogP contribution in [0.4, 0.5) is 67.7 Å². The molecule has 0 unspecified atom stereocenters. The van der Waals surface area contributed by atoms with Gasteiger partial charge < -0.3 is 25.7 Å². The molecule has 5 N–H and O–H groups in total. The van der Waals surface area contributed by atoms with Crippen molar-refractivity contribution in [2.45, 2.75) is 12.4 Å². The minimum atomic E-state index is -4.74. The fourth-order valence-electron chi connectivity index (χ4n) is 3.99. The van der Waals surface area contributed by atoms with Gasteiger partial charge in [0.2, 0.25) is 5.95 Å². The molecule has 0 aliphatic rings. The lowest BCUT2D eigenvalue weighted by Crippen LogP contribution is -2.21. The van der Waals surface area contributed by atoms with E-state index < -0.39 is 58.6 Å². The normalized spacial score (nSPS) is 11.7. The van der Waals surface area contributed by atoms with E-state index >= 15 is 0 Å². The first-order valence-electron chi connectivity index (χ1n) is 12.8. The highest BCUT2D eigenvalue weighted by atomic mass is 19.4. The van der Waals surface area contributed by atoms with Crippen LogP contribution in [0, 0.1) is 11.6 Å². The molecule has 0 spiro atoms. The van der Waals surface area contributed by atoms with E-state index in [2.05, 4.69) is 20.6 Å². The molecule has 9 nitrogen and oxygen atoms in total. The quantitative estimate of drug-likeness (QED) is 0.118. The Bertz CT molecular complexity index is 1920. The average molecular weight is 650 g/mol.